The van der Waals surface area contributed by atoms with Crippen LogP contribution in [0.4, 0.5) is 0 Å². The predicted octanol–water partition coefficient (Wildman–Crippen LogP) is 1.99. The van der Waals surface area contributed by atoms with Gasteiger partial charge in [0.05, 0.1) is 0 Å². The molecule has 7 heavy (non-hydrogen) atoms. The molecule has 0 spiro atoms. The topological polar surface area (TPSA) is 29.4 Å². The predicted molar refractivity (Wildman–Crippen MR) is 33.9 cm³/mol. The maximum Gasteiger partial charge on any atom is 0.191 e. The smallest absolute Gasteiger partial charge is 0.149 e. The molecule has 1 heterocycles. The minimum absolute atomic E-state index is 0.111. The van der Waals surface area contributed by atoms with Crippen molar-refractivity contribution in [1.29, 1.82) is 0 Å². The Bertz CT molecular complexity index is 95.1. The number of hydrogen-bond acceptors (Lipinski definition) is 4. The van der Waals surface area contributed by atoms with Gasteiger partial charge in [0.1, 0.15) is 0 Å². The van der Waals surface area contributed by atoms with E-state index in [2.05, 4.69) is 5.18 Å². The van der Waals surface area contributed by atoms with E-state index in [4.69, 9.17) is 0 Å². The molecule has 1 aliphatic rings. The van der Waals surface area contributed by atoms with Crippen LogP contribution in [0.15, 0.2) is 16.0 Å². The minimum atomic E-state index is -0.111. The Morgan fingerprint density at radius 2 is 2.00 bits per heavy atom. The summed E-state index contributed by atoms with van der Waals surface area (Å²) in [6, 6.07) is 0. The highest BCUT2D eigenvalue weighted by molar-refractivity contribution is 8.22. The average Bonchev–Trinajstić information content (AvgIpc) is 2.14. The Morgan fingerprint density at radius 3 is 2.29 bits per heavy atom. The second-order valence-electron chi connectivity index (χ2n) is 0.957. The van der Waals surface area contributed by atoms with E-state index in [0.717, 1.165) is 0 Å². The Kier molecular flexibility index (Phi) is 1.76. The van der Waals surface area contributed by atoms with Crippen LogP contribution >= 0.6 is 23.5 Å². The largest absolute Gasteiger partial charge is 0.191 e. The molecule has 2 nitrogen and oxygen atoms in total. The zero-order valence-electron chi connectivity index (χ0n) is 3.40. The lowest BCUT2D eigenvalue weighted by molar-refractivity contribution is 1.29. The number of thioether (sulfide) groups is 2. The van der Waals surface area contributed by atoms with Gasteiger partial charge in [0.15, 0.2) is 4.71 Å². The van der Waals surface area contributed by atoms with E-state index in [1.165, 1.54) is 23.5 Å². The van der Waals surface area contributed by atoms with Gasteiger partial charge in [-0.15, -0.1) is 4.91 Å². The summed E-state index contributed by atoms with van der Waals surface area (Å²) >= 11 is 2.89. The molecule has 0 aromatic rings. The van der Waals surface area contributed by atoms with Crippen molar-refractivity contribution in [2.45, 2.75) is 4.71 Å². The SMILES string of the molecule is O=NC1SC=CS1. The van der Waals surface area contributed by atoms with Gasteiger partial charge in [0.25, 0.3) is 0 Å². The van der Waals surface area contributed by atoms with Crippen LogP contribution in [0.1, 0.15) is 0 Å². The fraction of sp³-hybridized carbons (Fsp3) is 0.333. The van der Waals surface area contributed by atoms with Gasteiger partial charge in [-0.3, -0.25) is 0 Å². The van der Waals surface area contributed by atoms with Crippen LogP contribution in [0, 0.1) is 4.91 Å². The number of rotatable bonds is 1. The summed E-state index contributed by atoms with van der Waals surface area (Å²) in [5.41, 5.74) is 0. The molecule has 0 aromatic carbocycles. The Morgan fingerprint density at radius 1 is 1.43 bits per heavy atom. The summed E-state index contributed by atoms with van der Waals surface area (Å²) in [4.78, 5) is 9.68. The van der Waals surface area contributed by atoms with Crippen molar-refractivity contribution in [2.24, 2.45) is 5.18 Å². The normalized spacial score (nSPS) is 20.6. The molecule has 0 N–H and O–H groups in total. The summed E-state index contributed by atoms with van der Waals surface area (Å²) in [6.45, 7) is 0. The molecular formula is C3H3NOS2. The molecular weight excluding hydrogens is 130 g/mol. The number of hydrogen-bond donors (Lipinski definition) is 0. The van der Waals surface area contributed by atoms with Crippen molar-refractivity contribution in [3.63, 3.8) is 0 Å². The van der Waals surface area contributed by atoms with Gasteiger partial charge in [-0.1, -0.05) is 23.5 Å². The average molecular weight is 133 g/mol. The maximum atomic E-state index is 9.68. The van der Waals surface area contributed by atoms with Crippen LogP contribution in [0.25, 0.3) is 0 Å². The third kappa shape index (κ3) is 1.21. The van der Waals surface area contributed by atoms with Gasteiger partial charge in [-0.2, -0.15) is 0 Å². The van der Waals surface area contributed by atoms with Crippen molar-refractivity contribution < 1.29 is 0 Å². The van der Waals surface area contributed by atoms with Crippen molar-refractivity contribution in [2.75, 3.05) is 0 Å². The van der Waals surface area contributed by atoms with Crippen molar-refractivity contribution in [1.82, 2.24) is 0 Å². The summed E-state index contributed by atoms with van der Waals surface area (Å²) < 4.78 is -0.111. The fourth-order valence-electron chi connectivity index (χ4n) is 0.280. The fourth-order valence-corrected chi connectivity index (χ4v) is 1.80. The first-order valence-corrected chi connectivity index (χ1v) is 3.60. The van der Waals surface area contributed by atoms with Crippen LogP contribution in [0.3, 0.4) is 0 Å². The summed E-state index contributed by atoms with van der Waals surface area (Å²) in [5, 5.41) is 6.54. The summed E-state index contributed by atoms with van der Waals surface area (Å²) in [7, 11) is 0. The van der Waals surface area contributed by atoms with Gasteiger partial charge in [-0.05, 0) is 16.0 Å². The molecule has 4 heteroatoms. The zero-order valence-corrected chi connectivity index (χ0v) is 5.04. The third-order valence-corrected chi connectivity index (χ3v) is 2.59. The molecule has 1 rings (SSSR count). The van der Waals surface area contributed by atoms with Gasteiger partial charge in [-0.25, -0.2) is 0 Å². The Hall–Kier alpha value is 0.0400. The Balaban J connectivity index is 2.35. The monoisotopic (exact) mass is 133 g/mol. The quantitative estimate of drug-likeness (QED) is 0.512. The first-order chi connectivity index (χ1) is 3.43. The molecule has 0 saturated heterocycles. The molecule has 0 aromatic heterocycles. The first kappa shape index (κ1) is 5.18. The minimum Gasteiger partial charge on any atom is -0.149 e. The van der Waals surface area contributed by atoms with E-state index >= 15 is 0 Å². The van der Waals surface area contributed by atoms with Crippen molar-refractivity contribution in [3.8, 4) is 0 Å². The molecule has 0 radical (unpaired) electrons. The van der Waals surface area contributed by atoms with E-state index in [0.29, 0.717) is 0 Å². The molecule has 38 valence electrons. The third-order valence-electron chi connectivity index (χ3n) is 0.532. The van der Waals surface area contributed by atoms with Gasteiger partial charge in [0, 0.05) is 0 Å². The van der Waals surface area contributed by atoms with E-state index in [1.807, 2.05) is 10.8 Å². The lowest BCUT2D eigenvalue weighted by Gasteiger charge is -1.88. The van der Waals surface area contributed by atoms with Gasteiger partial charge in [0.2, 0.25) is 0 Å². The molecule has 0 unspecified atom stereocenters. The van der Waals surface area contributed by atoms with E-state index in [1.54, 1.807) is 0 Å². The van der Waals surface area contributed by atoms with E-state index in [9.17, 15) is 4.91 Å². The highest BCUT2D eigenvalue weighted by Crippen LogP contribution is 2.33. The van der Waals surface area contributed by atoms with Gasteiger partial charge >= 0.3 is 0 Å². The molecule has 0 atom stereocenters. The van der Waals surface area contributed by atoms with E-state index in [-0.39, 0.29) is 4.71 Å². The number of nitrogens with zero attached hydrogens (tertiary/aromatic N) is 1. The Labute approximate surface area is 49.7 Å². The molecule has 0 aliphatic carbocycles. The highest BCUT2D eigenvalue weighted by atomic mass is 32.2. The van der Waals surface area contributed by atoms with Crippen LogP contribution in [-0.2, 0) is 0 Å². The van der Waals surface area contributed by atoms with Crippen LogP contribution < -0.4 is 0 Å². The second-order valence-corrected chi connectivity index (χ2v) is 3.24. The van der Waals surface area contributed by atoms with Crippen LogP contribution in [0.2, 0.25) is 0 Å². The molecule has 0 saturated carbocycles. The molecule has 0 bridgehead atoms. The molecule has 1 aliphatic heterocycles. The maximum absolute atomic E-state index is 9.68. The molecule has 0 fully saturated rings. The summed E-state index contributed by atoms with van der Waals surface area (Å²) in [6.07, 6.45) is 0. The van der Waals surface area contributed by atoms with Crippen LogP contribution in [-0.4, -0.2) is 4.71 Å². The highest BCUT2D eigenvalue weighted by Gasteiger charge is 2.09. The summed E-state index contributed by atoms with van der Waals surface area (Å²) in [5.74, 6) is 0. The zero-order chi connectivity index (χ0) is 5.11. The van der Waals surface area contributed by atoms with Crippen LogP contribution in [0.5, 0.6) is 0 Å². The second kappa shape index (κ2) is 2.37. The molecule has 0 amide bonds. The number of nitroso groups, excluding NO2 is 1. The standard InChI is InChI=1S/C3H3NOS2/c5-4-3-6-1-2-7-3/h1-3H. The van der Waals surface area contributed by atoms with Gasteiger partial charge < -0.3 is 0 Å². The van der Waals surface area contributed by atoms with E-state index < -0.39 is 0 Å². The van der Waals surface area contributed by atoms with Crippen molar-refractivity contribution >= 4 is 23.5 Å². The lowest BCUT2D eigenvalue weighted by atomic mass is 11.3. The lowest BCUT2D eigenvalue weighted by Crippen LogP contribution is -1.78. The van der Waals surface area contributed by atoms with Crippen molar-refractivity contribution in [3.05, 3.63) is 15.7 Å². The first-order valence-electron chi connectivity index (χ1n) is 1.72.